The Morgan fingerprint density at radius 2 is 1.00 bits per heavy atom. The van der Waals surface area contributed by atoms with Crippen molar-refractivity contribution >= 4 is 28.7 Å². The first-order chi connectivity index (χ1) is 37.9. The highest BCUT2D eigenvalue weighted by molar-refractivity contribution is 5.75. The van der Waals surface area contributed by atoms with E-state index in [1.54, 1.807) is 0 Å². The number of nitrogens with two attached hydrogens (primary N) is 2. The Kier molecular flexibility index (Phi) is 15.6. The zero-order chi connectivity index (χ0) is 55.5. The molecule has 0 aromatic carbocycles. The van der Waals surface area contributed by atoms with Gasteiger partial charge in [0.1, 0.15) is 6.10 Å². The summed E-state index contributed by atoms with van der Waals surface area (Å²) in [7, 11) is 0. The zero-order valence-electron chi connectivity index (χ0n) is 48.6. The number of carbonyl (C=O) groups is 2. The Morgan fingerprint density at radius 1 is 0.582 bits per heavy atom. The third-order valence-electron chi connectivity index (χ3n) is 24.9. The smallest absolute Gasteiger partial charge is 0.407 e. The monoisotopic (exact) mass is 1070 g/mol. The lowest BCUT2D eigenvalue weighted by atomic mass is 9.48. The van der Waals surface area contributed by atoms with E-state index < -0.39 is 0 Å². The predicted molar refractivity (Wildman–Crippen MR) is 313 cm³/mol. The van der Waals surface area contributed by atoms with Crippen LogP contribution in [0.25, 0.3) is 16.7 Å². The molecule has 7 N–H and O–H groups in total. The summed E-state index contributed by atoms with van der Waals surface area (Å²) in [6, 6.07) is 12.7. The first-order valence-electron chi connectivity index (χ1n) is 31.0. The van der Waals surface area contributed by atoms with Crippen LogP contribution in [0.3, 0.4) is 0 Å². The normalized spacial score (nSPS) is 42.4. The second kappa shape index (κ2) is 21.9. The van der Waals surface area contributed by atoms with E-state index in [0.29, 0.717) is 66.7 Å². The SMILES string of the molecule is C[C@]1(CCC(N)=O)[C@H](O)CC[C@@H]2[C@@H]1CC[C@]1(C)C(c3cccnc3)=CC[C@@H]21.C[C@]1(CCN)[C@H](O)CC[C@@H]2[C@@H]1CC[C@]1(C)C(c3cccnc3)=CC[C@@H]21.C[C@]12CCNC(=O)O[C@H]1CC[C@@H]1[C@@H]2CC[C@]2(C)C(c3cccnc3)=CC[C@@H]12. The zero-order valence-corrected chi connectivity index (χ0v) is 48.6. The van der Waals surface area contributed by atoms with Gasteiger partial charge in [-0.3, -0.25) is 19.7 Å². The number of rotatable bonds is 8. The number of hydrogen-bond acceptors (Lipinski definition) is 9. The number of allylic oxidation sites excluding steroid dienone is 6. The van der Waals surface area contributed by atoms with Crippen LogP contribution in [0.4, 0.5) is 4.79 Å². The molecule has 0 bridgehead atoms. The lowest BCUT2D eigenvalue weighted by molar-refractivity contribution is -0.129. The molecular weight excluding hydrogens is 981 g/mol. The van der Waals surface area contributed by atoms with E-state index >= 15 is 0 Å². The molecule has 10 aliphatic rings. The topological polar surface area (TPSA) is 187 Å². The Labute approximate surface area is 472 Å². The van der Waals surface area contributed by atoms with E-state index in [-0.39, 0.29) is 62.8 Å². The molecule has 4 heterocycles. The van der Waals surface area contributed by atoms with Crippen molar-refractivity contribution in [1.29, 1.82) is 0 Å². The molecule has 0 spiro atoms. The highest BCUT2D eigenvalue weighted by Crippen LogP contribution is 2.68. The molecule has 79 heavy (non-hydrogen) atoms. The molecule has 0 unspecified atom stereocenters. The molecular formula is C68H94N6O5. The van der Waals surface area contributed by atoms with Crippen LogP contribution >= 0.6 is 0 Å². The first kappa shape index (κ1) is 56.2. The third-order valence-corrected chi connectivity index (χ3v) is 24.9. The van der Waals surface area contributed by atoms with Gasteiger partial charge < -0.3 is 31.7 Å². The van der Waals surface area contributed by atoms with E-state index in [1.165, 1.54) is 84.8 Å². The second-order valence-corrected chi connectivity index (χ2v) is 28.1. The molecule has 3 aromatic heterocycles. The molecule has 3 aromatic rings. The number of primary amides is 1. The number of aliphatic hydroxyl groups excluding tert-OH is 2. The Morgan fingerprint density at radius 3 is 1.42 bits per heavy atom. The van der Waals surface area contributed by atoms with E-state index in [9.17, 15) is 19.8 Å². The maximum Gasteiger partial charge on any atom is 0.407 e. The summed E-state index contributed by atoms with van der Waals surface area (Å²) in [4.78, 5) is 36.4. The minimum atomic E-state index is -0.324. The number of pyridine rings is 3. The van der Waals surface area contributed by atoms with Gasteiger partial charge in [-0.2, -0.15) is 0 Å². The van der Waals surface area contributed by atoms with E-state index in [2.05, 4.69) is 104 Å². The average Bonchev–Trinajstić information content (AvgIpc) is 4.08. The highest BCUT2D eigenvalue weighted by Gasteiger charge is 2.61. The summed E-state index contributed by atoms with van der Waals surface area (Å²) in [5, 5.41) is 24.5. The van der Waals surface area contributed by atoms with Gasteiger partial charge in [0, 0.05) is 55.6 Å². The van der Waals surface area contributed by atoms with Crippen molar-refractivity contribution in [1.82, 2.24) is 20.3 Å². The largest absolute Gasteiger partial charge is 0.446 e. The van der Waals surface area contributed by atoms with Gasteiger partial charge in [-0.25, -0.2) is 4.79 Å². The number of carbonyl (C=O) groups excluding carboxylic acids is 2. The fourth-order valence-electron chi connectivity index (χ4n) is 20.5. The summed E-state index contributed by atoms with van der Waals surface area (Å²) in [6.07, 6.45) is 38.3. The van der Waals surface area contributed by atoms with E-state index in [1.807, 2.05) is 49.3 Å². The molecule has 13 rings (SSSR count). The van der Waals surface area contributed by atoms with E-state index in [4.69, 9.17) is 16.2 Å². The minimum Gasteiger partial charge on any atom is -0.446 e. The standard InChI is InChI=1S/C23H30N2O2.C23H32N2O2.C22H32N2O/c1-22-10-9-19-16(5-8-20-23(19,2)11-13-25-21(26)27-20)18(22)7-6-17(22)15-4-3-12-24-14-15;1-22-11-9-19-16(5-8-20(26)23(19,2)12-10-21(24)27)18(22)7-6-17(22)15-4-3-13-25-14-15;1-21-10-9-19-16(5-8-20(25)22(19,2)11-12-23)18(21)7-6-17(21)15-4-3-13-24-14-15/h3-4,6,12,14,16,18-20H,5,7-11,13H2,1-2H3,(H,25,26);3-4,6,13-14,16,18-20,26H,5,7-12H2,1-2H3,(H2,24,27);3-4,6,13-14,16,18-20,25H,5,7-12,23H2,1-2H3/t16-,18-,19-,20-,22+,23+;16-,18-,19-,20+,22+,23+;16-,18-,19-,20+,21+,22+/m000/s1. The number of ether oxygens (including phenoxy) is 1. The Bertz CT molecular complexity index is 2770. The molecule has 11 nitrogen and oxygen atoms in total. The molecule has 426 valence electrons. The average molecular weight is 1080 g/mol. The Balaban J connectivity index is 0.000000125. The van der Waals surface area contributed by atoms with Crippen LogP contribution in [0.1, 0.15) is 180 Å². The van der Waals surface area contributed by atoms with Gasteiger partial charge in [-0.15, -0.1) is 0 Å². The summed E-state index contributed by atoms with van der Waals surface area (Å²) in [6.45, 7) is 15.7. The second-order valence-electron chi connectivity index (χ2n) is 28.1. The number of amides is 2. The van der Waals surface area contributed by atoms with E-state index in [0.717, 1.165) is 70.3 Å². The summed E-state index contributed by atoms with van der Waals surface area (Å²) in [5.74, 6) is 5.55. The van der Waals surface area contributed by atoms with Gasteiger partial charge in [0.05, 0.1) is 12.2 Å². The molecule has 7 fully saturated rings. The van der Waals surface area contributed by atoms with Crippen LogP contribution in [-0.2, 0) is 9.53 Å². The number of fused-ring (bicyclic) bond motifs is 11. The number of nitrogens with one attached hydrogen (secondary N) is 1. The molecule has 6 saturated carbocycles. The van der Waals surface area contributed by atoms with Gasteiger partial charge in [-0.1, -0.05) is 78.0 Å². The molecule has 1 aliphatic heterocycles. The molecule has 18 atom stereocenters. The van der Waals surface area contributed by atoms with Crippen molar-refractivity contribution in [2.45, 2.75) is 182 Å². The van der Waals surface area contributed by atoms with Crippen molar-refractivity contribution in [3.8, 4) is 0 Å². The van der Waals surface area contributed by atoms with Crippen LogP contribution in [0.2, 0.25) is 0 Å². The summed E-state index contributed by atoms with van der Waals surface area (Å²) < 4.78 is 5.82. The maximum atomic E-state index is 11.9. The van der Waals surface area contributed by atoms with Crippen molar-refractivity contribution in [2.24, 2.45) is 97.2 Å². The van der Waals surface area contributed by atoms with Crippen molar-refractivity contribution < 1.29 is 24.5 Å². The first-order valence-corrected chi connectivity index (χ1v) is 31.0. The Hall–Kier alpha value is -4.71. The van der Waals surface area contributed by atoms with Crippen molar-refractivity contribution in [3.63, 3.8) is 0 Å². The van der Waals surface area contributed by atoms with Crippen LogP contribution in [0.5, 0.6) is 0 Å². The van der Waals surface area contributed by atoms with Crippen LogP contribution in [0.15, 0.2) is 91.8 Å². The van der Waals surface area contributed by atoms with Gasteiger partial charge in [-0.05, 0) is 254 Å². The third kappa shape index (κ3) is 9.67. The van der Waals surface area contributed by atoms with Crippen molar-refractivity contribution in [2.75, 3.05) is 13.1 Å². The van der Waals surface area contributed by atoms with Gasteiger partial charge in [0.25, 0.3) is 0 Å². The maximum absolute atomic E-state index is 11.9. The lowest BCUT2D eigenvalue weighted by Gasteiger charge is -2.57. The summed E-state index contributed by atoms with van der Waals surface area (Å²) in [5.41, 5.74) is 20.3. The van der Waals surface area contributed by atoms with Crippen LogP contribution in [0, 0.1) is 85.8 Å². The molecule has 0 radical (unpaired) electrons. The summed E-state index contributed by atoms with van der Waals surface area (Å²) >= 11 is 0. The number of hydrogen-bond donors (Lipinski definition) is 5. The molecule has 2 amide bonds. The van der Waals surface area contributed by atoms with Crippen LogP contribution < -0.4 is 16.8 Å². The van der Waals surface area contributed by atoms with Crippen LogP contribution in [-0.4, -0.2) is 68.6 Å². The quantitative estimate of drug-likeness (QED) is 0.146. The highest BCUT2D eigenvalue weighted by atomic mass is 16.6. The lowest BCUT2D eigenvalue weighted by Crippen LogP contribution is -2.53. The molecule has 11 heteroatoms. The number of nitrogens with zero attached hydrogens (tertiary/aromatic N) is 3. The fraction of sp³-hybridized carbons (Fsp3) is 0.662. The van der Waals surface area contributed by atoms with Gasteiger partial charge in [0.15, 0.2) is 0 Å². The molecule has 9 aliphatic carbocycles. The van der Waals surface area contributed by atoms with Gasteiger partial charge in [0.2, 0.25) is 5.91 Å². The van der Waals surface area contributed by atoms with Crippen molar-refractivity contribution in [3.05, 3.63) is 108 Å². The van der Waals surface area contributed by atoms with Gasteiger partial charge >= 0.3 is 6.09 Å². The number of aliphatic hydroxyl groups is 2. The fourth-order valence-corrected chi connectivity index (χ4v) is 20.5. The number of alkyl carbamates (subject to hydrolysis) is 1. The minimum absolute atomic E-state index is 0.00392. The predicted octanol–water partition coefficient (Wildman–Crippen LogP) is 12.8. The molecule has 1 saturated heterocycles. The number of aromatic nitrogens is 3.